The van der Waals surface area contributed by atoms with Gasteiger partial charge in [-0.25, -0.2) is 0 Å². The zero-order chi connectivity index (χ0) is 8.55. The van der Waals surface area contributed by atoms with Crippen LogP contribution in [0.3, 0.4) is 0 Å². The molecule has 1 aliphatic rings. The maximum Gasteiger partial charge on any atom is 0.182 e. The van der Waals surface area contributed by atoms with E-state index in [1.807, 2.05) is 24.3 Å². The minimum Gasteiger partial charge on any atom is -0.292 e. The van der Waals surface area contributed by atoms with E-state index in [1.54, 1.807) is 11.8 Å². The van der Waals surface area contributed by atoms with Crippen LogP contribution in [0.2, 0.25) is 0 Å². The van der Waals surface area contributed by atoms with E-state index < -0.39 is 0 Å². The summed E-state index contributed by atoms with van der Waals surface area (Å²) < 4.78 is 0. The van der Waals surface area contributed by atoms with Crippen LogP contribution in [0.5, 0.6) is 0 Å². The number of carbonyl (C=O) groups is 1. The average molecular weight is 199 g/mol. The molecule has 12 heavy (non-hydrogen) atoms. The largest absolute Gasteiger partial charge is 0.292 e. The van der Waals surface area contributed by atoms with Gasteiger partial charge in [0.1, 0.15) is 5.38 Å². The lowest BCUT2D eigenvalue weighted by molar-refractivity contribution is 0.0988. The van der Waals surface area contributed by atoms with E-state index in [4.69, 9.17) is 11.6 Å². The van der Waals surface area contributed by atoms with E-state index in [9.17, 15) is 4.79 Å². The van der Waals surface area contributed by atoms with Crippen molar-refractivity contribution in [2.24, 2.45) is 0 Å². The highest BCUT2D eigenvalue weighted by atomic mass is 35.5. The summed E-state index contributed by atoms with van der Waals surface area (Å²) in [5, 5.41) is -0.343. The highest BCUT2D eigenvalue weighted by molar-refractivity contribution is 7.99. The molecule has 1 aromatic carbocycles. The van der Waals surface area contributed by atoms with Crippen molar-refractivity contribution < 1.29 is 4.79 Å². The predicted octanol–water partition coefficient (Wildman–Crippen LogP) is 2.58. The lowest BCUT2D eigenvalue weighted by atomic mass is 10.1. The van der Waals surface area contributed by atoms with E-state index in [1.165, 1.54) is 0 Å². The highest BCUT2D eigenvalue weighted by Gasteiger charge is 2.25. The van der Waals surface area contributed by atoms with Crippen molar-refractivity contribution in [3.63, 3.8) is 0 Å². The second kappa shape index (κ2) is 3.11. The lowest BCUT2D eigenvalue weighted by Crippen LogP contribution is -2.21. The van der Waals surface area contributed by atoms with Gasteiger partial charge < -0.3 is 0 Å². The van der Waals surface area contributed by atoms with Crippen LogP contribution in [0.4, 0.5) is 0 Å². The third-order valence-corrected chi connectivity index (χ3v) is 3.52. The molecular weight excluding hydrogens is 192 g/mol. The Morgan fingerprint density at radius 3 is 3.00 bits per heavy atom. The van der Waals surface area contributed by atoms with Crippen molar-refractivity contribution in [2.75, 3.05) is 5.75 Å². The van der Waals surface area contributed by atoms with Crippen LogP contribution >= 0.6 is 23.4 Å². The number of thioether (sulfide) groups is 1. The van der Waals surface area contributed by atoms with Crippen LogP contribution in [0.1, 0.15) is 10.4 Å². The number of alkyl halides is 1. The van der Waals surface area contributed by atoms with Gasteiger partial charge in [-0.15, -0.1) is 23.4 Å². The molecule has 0 saturated heterocycles. The molecule has 1 aliphatic heterocycles. The Morgan fingerprint density at radius 2 is 2.17 bits per heavy atom. The van der Waals surface area contributed by atoms with Crippen LogP contribution in [0.15, 0.2) is 29.2 Å². The third-order valence-electron chi connectivity index (χ3n) is 1.82. The number of rotatable bonds is 0. The summed E-state index contributed by atoms with van der Waals surface area (Å²) in [4.78, 5) is 12.5. The summed E-state index contributed by atoms with van der Waals surface area (Å²) in [6, 6.07) is 7.60. The molecule has 0 N–H and O–H groups in total. The van der Waals surface area contributed by atoms with Gasteiger partial charge in [0, 0.05) is 16.2 Å². The highest BCUT2D eigenvalue weighted by Crippen LogP contribution is 2.31. The van der Waals surface area contributed by atoms with Gasteiger partial charge in [0.2, 0.25) is 0 Å². The average Bonchev–Trinajstić information content (AvgIpc) is 2.12. The molecule has 1 atom stereocenters. The van der Waals surface area contributed by atoms with Crippen LogP contribution in [-0.4, -0.2) is 16.9 Å². The van der Waals surface area contributed by atoms with Crippen molar-refractivity contribution in [3.8, 4) is 0 Å². The summed E-state index contributed by atoms with van der Waals surface area (Å²) in [6.07, 6.45) is 0. The standard InChI is InChI=1S/C9H7ClOS/c10-7-5-12-8-4-2-1-3-6(8)9(7)11/h1-4,7H,5H2. The third kappa shape index (κ3) is 1.25. The van der Waals surface area contributed by atoms with Crippen LogP contribution < -0.4 is 0 Å². The smallest absolute Gasteiger partial charge is 0.182 e. The molecule has 1 heterocycles. The lowest BCUT2D eigenvalue weighted by Gasteiger charge is -2.17. The summed E-state index contributed by atoms with van der Waals surface area (Å²) in [6.45, 7) is 0. The van der Waals surface area contributed by atoms with Crippen molar-refractivity contribution in [1.29, 1.82) is 0 Å². The Balaban J connectivity index is 2.49. The van der Waals surface area contributed by atoms with E-state index >= 15 is 0 Å². The number of ketones is 1. The molecule has 0 radical (unpaired) electrons. The number of benzene rings is 1. The predicted molar refractivity (Wildman–Crippen MR) is 51.1 cm³/mol. The molecule has 3 heteroatoms. The molecule has 2 rings (SSSR count). The molecule has 0 aliphatic carbocycles. The van der Waals surface area contributed by atoms with Crippen LogP contribution in [0.25, 0.3) is 0 Å². The number of fused-ring (bicyclic) bond motifs is 1. The van der Waals surface area contributed by atoms with Gasteiger partial charge in [-0.1, -0.05) is 18.2 Å². The fraction of sp³-hybridized carbons (Fsp3) is 0.222. The van der Waals surface area contributed by atoms with Crippen LogP contribution in [0, 0.1) is 0 Å². The molecule has 62 valence electrons. The molecule has 0 spiro atoms. The number of Topliss-reactive ketones (excluding diaryl/α,β-unsaturated/α-hetero) is 1. The van der Waals surface area contributed by atoms with E-state index in [0.29, 0.717) is 5.75 Å². The Morgan fingerprint density at radius 1 is 1.42 bits per heavy atom. The van der Waals surface area contributed by atoms with Gasteiger partial charge in [-0.3, -0.25) is 4.79 Å². The van der Waals surface area contributed by atoms with Gasteiger partial charge in [0.05, 0.1) is 0 Å². The maximum atomic E-state index is 11.5. The zero-order valence-electron chi connectivity index (χ0n) is 6.29. The van der Waals surface area contributed by atoms with Crippen molar-refractivity contribution in [3.05, 3.63) is 29.8 Å². The first-order chi connectivity index (χ1) is 5.79. The first-order valence-corrected chi connectivity index (χ1v) is 5.11. The molecule has 1 aromatic rings. The minimum absolute atomic E-state index is 0.0611. The molecule has 0 saturated carbocycles. The normalized spacial score (nSPS) is 22.1. The number of hydrogen-bond acceptors (Lipinski definition) is 2. The zero-order valence-corrected chi connectivity index (χ0v) is 7.86. The molecule has 1 nitrogen and oxygen atoms in total. The Hall–Kier alpha value is -0.470. The molecule has 0 amide bonds. The van der Waals surface area contributed by atoms with Gasteiger partial charge in [0.15, 0.2) is 5.78 Å². The monoisotopic (exact) mass is 198 g/mol. The van der Waals surface area contributed by atoms with Gasteiger partial charge in [-0.05, 0) is 6.07 Å². The summed E-state index contributed by atoms with van der Waals surface area (Å²) >= 11 is 7.47. The molecule has 1 unspecified atom stereocenters. The molecular formula is C9H7ClOS. The topological polar surface area (TPSA) is 17.1 Å². The second-order valence-electron chi connectivity index (χ2n) is 2.64. The first kappa shape index (κ1) is 8.14. The number of hydrogen-bond donors (Lipinski definition) is 0. The minimum atomic E-state index is -0.343. The van der Waals surface area contributed by atoms with E-state index in [0.717, 1.165) is 10.5 Å². The maximum absolute atomic E-state index is 11.5. The summed E-state index contributed by atoms with van der Waals surface area (Å²) in [7, 11) is 0. The van der Waals surface area contributed by atoms with Gasteiger partial charge in [-0.2, -0.15) is 0 Å². The Bertz CT molecular complexity index is 324. The summed E-state index contributed by atoms with van der Waals surface area (Å²) in [5.74, 6) is 0.753. The summed E-state index contributed by atoms with van der Waals surface area (Å²) in [5.41, 5.74) is 0.772. The van der Waals surface area contributed by atoms with Crippen molar-refractivity contribution in [2.45, 2.75) is 10.3 Å². The fourth-order valence-corrected chi connectivity index (χ4v) is 2.49. The molecule has 0 bridgehead atoms. The molecule has 0 fully saturated rings. The van der Waals surface area contributed by atoms with E-state index in [-0.39, 0.29) is 11.2 Å². The van der Waals surface area contributed by atoms with E-state index in [2.05, 4.69) is 0 Å². The molecule has 0 aromatic heterocycles. The second-order valence-corrected chi connectivity index (χ2v) is 4.23. The van der Waals surface area contributed by atoms with Gasteiger partial charge in [0.25, 0.3) is 0 Å². The quantitative estimate of drug-likeness (QED) is 0.596. The van der Waals surface area contributed by atoms with Crippen molar-refractivity contribution >= 4 is 29.1 Å². The Kier molecular flexibility index (Phi) is 2.11. The number of halogens is 1. The number of carbonyl (C=O) groups excluding carboxylic acids is 1. The first-order valence-electron chi connectivity index (χ1n) is 3.69. The fourth-order valence-electron chi connectivity index (χ4n) is 1.20. The SMILES string of the molecule is O=C1c2ccccc2SCC1Cl. The van der Waals surface area contributed by atoms with Gasteiger partial charge >= 0.3 is 0 Å². The Labute approximate surface area is 80.1 Å². The van der Waals surface area contributed by atoms with Crippen molar-refractivity contribution in [1.82, 2.24) is 0 Å². The van der Waals surface area contributed by atoms with Crippen LogP contribution in [-0.2, 0) is 0 Å².